The van der Waals surface area contributed by atoms with Gasteiger partial charge in [-0.05, 0) is 24.1 Å². The largest absolute Gasteiger partial charge is 0.387 e. The molecule has 0 aromatic carbocycles. The van der Waals surface area contributed by atoms with Crippen molar-refractivity contribution in [2.75, 3.05) is 6.54 Å². The Bertz CT molecular complexity index is 182. The van der Waals surface area contributed by atoms with E-state index in [9.17, 15) is 0 Å². The van der Waals surface area contributed by atoms with E-state index in [-0.39, 0.29) is 0 Å². The molecule has 0 saturated heterocycles. The van der Waals surface area contributed by atoms with Gasteiger partial charge in [0.05, 0.1) is 0 Å². The average Bonchev–Trinajstić information content (AvgIpc) is 1.85. The van der Waals surface area contributed by atoms with Crippen molar-refractivity contribution in [3.8, 4) is 0 Å². The number of nitrogens with one attached hydrogen (secondary N) is 1. The van der Waals surface area contributed by atoms with Gasteiger partial charge in [0, 0.05) is 6.54 Å². The second-order valence-electron chi connectivity index (χ2n) is 4.30. The monoisotopic (exact) mass is 151 g/mol. The maximum Gasteiger partial charge on any atom is 0.0358 e. The van der Waals surface area contributed by atoms with Crippen molar-refractivity contribution < 1.29 is 0 Å². The van der Waals surface area contributed by atoms with Crippen molar-refractivity contribution in [2.45, 2.75) is 27.2 Å². The Morgan fingerprint density at radius 1 is 1.45 bits per heavy atom. The van der Waals surface area contributed by atoms with Crippen molar-refractivity contribution in [3.05, 3.63) is 23.9 Å². The van der Waals surface area contributed by atoms with E-state index in [1.807, 2.05) is 6.20 Å². The molecule has 0 amide bonds. The Hall–Kier alpha value is -0.720. The van der Waals surface area contributed by atoms with Gasteiger partial charge in [-0.25, -0.2) is 0 Å². The molecule has 11 heavy (non-hydrogen) atoms. The molecule has 0 atom stereocenters. The topological polar surface area (TPSA) is 12.0 Å². The molecule has 1 heterocycles. The van der Waals surface area contributed by atoms with Crippen LogP contribution in [0.2, 0.25) is 0 Å². The summed E-state index contributed by atoms with van der Waals surface area (Å²) in [5.41, 5.74) is 1.92. The van der Waals surface area contributed by atoms with E-state index < -0.39 is 0 Å². The highest BCUT2D eigenvalue weighted by molar-refractivity contribution is 5.19. The summed E-state index contributed by atoms with van der Waals surface area (Å²) in [5.74, 6) is 0. The molecule has 1 N–H and O–H groups in total. The first-order valence-corrected chi connectivity index (χ1v) is 4.16. The molecule has 1 aliphatic rings. The number of dihydropyridines is 1. The molecular formula is C10H17N. The van der Waals surface area contributed by atoms with E-state index >= 15 is 0 Å². The second-order valence-corrected chi connectivity index (χ2v) is 4.30. The molecule has 0 aromatic heterocycles. The standard InChI is InChI=1S/C10H17N/c1-10(2,3)7-9-5-4-6-11-8-9/h4-6,11H,7-8H2,1-3H3. The molecule has 0 aromatic rings. The second kappa shape index (κ2) is 3.12. The third-order valence-corrected chi connectivity index (χ3v) is 1.63. The predicted molar refractivity (Wildman–Crippen MR) is 49.3 cm³/mol. The van der Waals surface area contributed by atoms with E-state index in [4.69, 9.17) is 0 Å². The lowest BCUT2D eigenvalue weighted by atomic mass is 9.87. The van der Waals surface area contributed by atoms with Crippen LogP contribution in [0.15, 0.2) is 23.9 Å². The lowest BCUT2D eigenvalue weighted by Crippen LogP contribution is -2.17. The van der Waals surface area contributed by atoms with Crippen LogP contribution in [0.5, 0.6) is 0 Å². The van der Waals surface area contributed by atoms with Gasteiger partial charge in [-0.3, -0.25) is 0 Å². The average molecular weight is 151 g/mol. The lowest BCUT2D eigenvalue weighted by Gasteiger charge is -2.21. The first-order valence-electron chi connectivity index (χ1n) is 4.16. The molecule has 1 rings (SSSR count). The van der Waals surface area contributed by atoms with Crippen LogP contribution in [0.3, 0.4) is 0 Å². The summed E-state index contributed by atoms with van der Waals surface area (Å²) in [7, 11) is 0. The Morgan fingerprint density at radius 2 is 2.18 bits per heavy atom. The maximum absolute atomic E-state index is 3.21. The Balaban J connectivity index is 2.49. The summed E-state index contributed by atoms with van der Waals surface area (Å²) in [6.07, 6.45) is 7.46. The fourth-order valence-corrected chi connectivity index (χ4v) is 1.30. The molecular weight excluding hydrogens is 134 g/mol. The molecule has 1 aliphatic heterocycles. The molecule has 0 radical (unpaired) electrons. The van der Waals surface area contributed by atoms with E-state index in [0.717, 1.165) is 6.54 Å². The highest BCUT2D eigenvalue weighted by atomic mass is 14.8. The van der Waals surface area contributed by atoms with Crippen molar-refractivity contribution in [2.24, 2.45) is 5.41 Å². The predicted octanol–water partition coefficient (Wildman–Crippen LogP) is 2.47. The van der Waals surface area contributed by atoms with Crippen LogP contribution in [0, 0.1) is 5.41 Å². The van der Waals surface area contributed by atoms with Crippen molar-refractivity contribution in [1.82, 2.24) is 5.32 Å². The van der Waals surface area contributed by atoms with Crippen LogP contribution in [0.1, 0.15) is 27.2 Å². The Morgan fingerprint density at radius 3 is 2.64 bits per heavy atom. The molecule has 0 spiro atoms. The summed E-state index contributed by atoms with van der Waals surface area (Å²) in [4.78, 5) is 0. The van der Waals surface area contributed by atoms with Crippen molar-refractivity contribution >= 4 is 0 Å². The zero-order valence-electron chi connectivity index (χ0n) is 7.65. The number of allylic oxidation sites excluding steroid dienone is 2. The van der Waals surface area contributed by atoms with Crippen LogP contribution in [0.25, 0.3) is 0 Å². The third-order valence-electron chi connectivity index (χ3n) is 1.63. The van der Waals surface area contributed by atoms with Crippen LogP contribution in [0.4, 0.5) is 0 Å². The van der Waals surface area contributed by atoms with E-state index in [1.165, 1.54) is 12.0 Å². The first-order chi connectivity index (χ1) is 5.08. The molecule has 0 bridgehead atoms. The Labute approximate surface area is 69.2 Å². The van der Waals surface area contributed by atoms with Gasteiger partial charge in [0.1, 0.15) is 0 Å². The molecule has 1 nitrogen and oxygen atoms in total. The smallest absolute Gasteiger partial charge is 0.0358 e. The van der Waals surface area contributed by atoms with Crippen molar-refractivity contribution in [3.63, 3.8) is 0 Å². The minimum Gasteiger partial charge on any atom is -0.387 e. The minimum atomic E-state index is 0.415. The van der Waals surface area contributed by atoms with Crippen LogP contribution in [-0.4, -0.2) is 6.54 Å². The van der Waals surface area contributed by atoms with Crippen LogP contribution in [-0.2, 0) is 0 Å². The molecule has 62 valence electrons. The first kappa shape index (κ1) is 8.38. The fourth-order valence-electron chi connectivity index (χ4n) is 1.30. The fraction of sp³-hybridized carbons (Fsp3) is 0.600. The highest BCUT2D eigenvalue weighted by Gasteiger charge is 2.12. The SMILES string of the molecule is CC(C)(C)CC1=CC=CNC1. The zero-order valence-corrected chi connectivity index (χ0v) is 7.65. The maximum atomic E-state index is 3.21. The summed E-state index contributed by atoms with van der Waals surface area (Å²) < 4.78 is 0. The van der Waals surface area contributed by atoms with Gasteiger partial charge < -0.3 is 5.32 Å². The summed E-state index contributed by atoms with van der Waals surface area (Å²) in [6, 6.07) is 0. The molecule has 0 aliphatic carbocycles. The Kier molecular flexibility index (Phi) is 2.38. The van der Waals surface area contributed by atoms with Gasteiger partial charge in [-0.15, -0.1) is 0 Å². The number of hydrogen-bond acceptors (Lipinski definition) is 1. The van der Waals surface area contributed by atoms with Crippen molar-refractivity contribution in [1.29, 1.82) is 0 Å². The third kappa shape index (κ3) is 3.26. The quantitative estimate of drug-likeness (QED) is 0.607. The highest BCUT2D eigenvalue weighted by Crippen LogP contribution is 2.24. The van der Waals surface area contributed by atoms with E-state index in [1.54, 1.807) is 0 Å². The van der Waals surface area contributed by atoms with Gasteiger partial charge in [0.15, 0.2) is 0 Å². The van der Waals surface area contributed by atoms with Gasteiger partial charge in [-0.2, -0.15) is 0 Å². The number of hydrogen-bond donors (Lipinski definition) is 1. The summed E-state index contributed by atoms with van der Waals surface area (Å²) >= 11 is 0. The molecule has 1 heteroatoms. The normalized spacial score (nSPS) is 17.5. The van der Waals surface area contributed by atoms with E-state index in [0.29, 0.717) is 5.41 Å². The van der Waals surface area contributed by atoms with Gasteiger partial charge in [0.25, 0.3) is 0 Å². The summed E-state index contributed by atoms with van der Waals surface area (Å²) in [5, 5.41) is 3.21. The van der Waals surface area contributed by atoms with Gasteiger partial charge in [0.2, 0.25) is 0 Å². The lowest BCUT2D eigenvalue weighted by molar-refractivity contribution is 0.405. The number of rotatable bonds is 1. The van der Waals surface area contributed by atoms with Gasteiger partial charge >= 0.3 is 0 Å². The van der Waals surface area contributed by atoms with Crippen LogP contribution >= 0.6 is 0 Å². The molecule has 0 unspecified atom stereocenters. The molecule has 0 fully saturated rings. The van der Waals surface area contributed by atoms with Crippen LogP contribution < -0.4 is 5.32 Å². The van der Waals surface area contributed by atoms with Gasteiger partial charge in [-0.1, -0.05) is 32.4 Å². The minimum absolute atomic E-state index is 0.415. The summed E-state index contributed by atoms with van der Waals surface area (Å²) in [6.45, 7) is 7.83. The van der Waals surface area contributed by atoms with E-state index in [2.05, 4.69) is 38.2 Å². The molecule has 0 saturated carbocycles. The zero-order chi connectivity index (χ0) is 8.32.